The zero-order chi connectivity index (χ0) is 18.9. The molecule has 2 aromatic heterocycles. The zero-order valence-electron chi connectivity index (χ0n) is 14.9. The monoisotopic (exact) mass is 372 g/mol. The first-order valence-electron chi connectivity index (χ1n) is 8.83. The Kier molecular flexibility index (Phi) is 4.63. The Morgan fingerprint density at radius 1 is 1.19 bits per heavy atom. The summed E-state index contributed by atoms with van der Waals surface area (Å²) in [6.07, 6.45) is 2.71. The predicted octanol–water partition coefficient (Wildman–Crippen LogP) is 1.61. The number of carbonyl (C=O) groups is 2. The molecule has 1 spiro atoms. The minimum absolute atomic E-state index is 0.213. The number of aromatic nitrogens is 2. The van der Waals surface area contributed by atoms with E-state index in [9.17, 15) is 9.59 Å². The van der Waals surface area contributed by atoms with Crippen molar-refractivity contribution in [3.63, 3.8) is 0 Å². The molecule has 2 amide bonds. The first kappa shape index (κ1) is 17.6. The van der Waals surface area contributed by atoms with E-state index in [1.54, 1.807) is 24.0 Å². The molecular weight excluding hydrogens is 352 g/mol. The molecule has 2 aliphatic rings. The van der Waals surface area contributed by atoms with Crippen molar-refractivity contribution in [2.45, 2.75) is 25.6 Å². The maximum absolute atomic E-state index is 12.8. The van der Waals surface area contributed by atoms with Gasteiger partial charge in [0.05, 0.1) is 13.2 Å². The molecule has 2 fully saturated rings. The SMILES string of the molecule is Cc1cc(NC(=O)c2ccnc(C(=O)N3CCC4(CC3)OCCO4)c2)no1. The molecule has 0 radical (unpaired) electrons. The highest BCUT2D eigenvalue weighted by Crippen LogP contribution is 2.31. The van der Waals surface area contributed by atoms with Crippen molar-refractivity contribution in [3.8, 4) is 0 Å². The number of nitrogens with zero attached hydrogens (tertiary/aromatic N) is 3. The summed E-state index contributed by atoms with van der Waals surface area (Å²) in [6.45, 7) is 3.97. The van der Waals surface area contributed by atoms with E-state index < -0.39 is 5.79 Å². The van der Waals surface area contributed by atoms with E-state index in [4.69, 9.17) is 14.0 Å². The molecule has 0 aromatic carbocycles. The maximum Gasteiger partial charge on any atom is 0.272 e. The smallest absolute Gasteiger partial charge is 0.272 e. The second kappa shape index (κ2) is 7.09. The third kappa shape index (κ3) is 3.69. The summed E-state index contributed by atoms with van der Waals surface area (Å²) in [6, 6.07) is 4.64. The van der Waals surface area contributed by atoms with E-state index in [0.29, 0.717) is 56.3 Å². The van der Waals surface area contributed by atoms with E-state index >= 15 is 0 Å². The van der Waals surface area contributed by atoms with E-state index in [1.807, 2.05) is 0 Å². The number of amides is 2. The third-order valence-corrected chi connectivity index (χ3v) is 4.74. The molecule has 4 rings (SSSR count). The molecule has 27 heavy (non-hydrogen) atoms. The number of carbonyl (C=O) groups excluding carboxylic acids is 2. The maximum atomic E-state index is 12.8. The number of ether oxygens (including phenoxy) is 2. The van der Waals surface area contributed by atoms with E-state index in [2.05, 4.69) is 15.5 Å². The van der Waals surface area contributed by atoms with Crippen LogP contribution in [0.4, 0.5) is 5.82 Å². The van der Waals surface area contributed by atoms with Crippen molar-refractivity contribution in [3.05, 3.63) is 41.4 Å². The molecule has 2 aromatic rings. The van der Waals surface area contributed by atoms with Gasteiger partial charge in [0.2, 0.25) is 0 Å². The summed E-state index contributed by atoms with van der Waals surface area (Å²) < 4.78 is 16.3. The highest BCUT2D eigenvalue weighted by atomic mass is 16.7. The average molecular weight is 372 g/mol. The van der Waals surface area contributed by atoms with Gasteiger partial charge in [0.1, 0.15) is 11.5 Å². The number of rotatable bonds is 3. The van der Waals surface area contributed by atoms with Crippen LogP contribution in [0.25, 0.3) is 0 Å². The minimum atomic E-state index is -0.540. The molecule has 1 N–H and O–H groups in total. The van der Waals surface area contributed by atoms with Gasteiger partial charge in [-0.1, -0.05) is 5.16 Å². The number of likely N-dealkylation sites (tertiary alicyclic amines) is 1. The van der Waals surface area contributed by atoms with Gasteiger partial charge in [-0.25, -0.2) is 0 Å². The van der Waals surface area contributed by atoms with Crippen LogP contribution in [0.15, 0.2) is 28.9 Å². The summed E-state index contributed by atoms with van der Waals surface area (Å²) in [5, 5.41) is 6.35. The molecule has 0 atom stereocenters. The minimum Gasteiger partial charge on any atom is -0.360 e. The fourth-order valence-corrected chi connectivity index (χ4v) is 3.30. The van der Waals surface area contributed by atoms with Gasteiger partial charge in [0, 0.05) is 43.8 Å². The van der Waals surface area contributed by atoms with Crippen LogP contribution in [-0.2, 0) is 9.47 Å². The lowest BCUT2D eigenvalue weighted by Crippen LogP contribution is -2.47. The summed E-state index contributed by atoms with van der Waals surface area (Å²) in [4.78, 5) is 31.0. The van der Waals surface area contributed by atoms with Crippen molar-refractivity contribution in [1.29, 1.82) is 0 Å². The van der Waals surface area contributed by atoms with Crippen LogP contribution in [0.5, 0.6) is 0 Å². The average Bonchev–Trinajstić information content (AvgIpc) is 3.31. The molecular formula is C18H20N4O5. The lowest BCUT2D eigenvalue weighted by Gasteiger charge is -2.37. The van der Waals surface area contributed by atoms with Gasteiger partial charge in [0.15, 0.2) is 11.6 Å². The Morgan fingerprint density at radius 3 is 2.59 bits per heavy atom. The van der Waals surface area contributed by atoms with Crippen molar-refractivity contribution < 1.29 is 23.6 Å². The molecule has 9 heteroatoms. The third-order valence-electron chi connectivity index (χ3n) is 4.74. The summed E-state index contributed by atoms with van der Waals surface area (Å²) in [5.74, 6) is -0.226. The molecule has 2 aliphatic heterocycles. The molecule has 2 saturated heterocycles. The van der Waals surface area contributed by atoms with Gasteiger partial charge in [-0.3, -0.25) is 14.6 Å². The van der Waals surface area contributed by atoms with Gasteiger partial charge < -0.3 is 24.2 Å². The van der Waals surface area contributed by atoms with Crippen molar-refractivity contribution in [2.24, 2.45) is 0 Å². The molecule has 0 saturated carbocycles. The Labute approximate surface area is 155 Å². The van der Waals surface area contributed by atoms with Gasteiger partial charge in [-0.15, -0.1) is 0 Å². The molecule has 142 valence electrons. The molecule has 9 nitrogen and oxygen atoms in total. The van der Waals surface area contributed by atoms with Crippen LogP contribution in [0.3, 0.4) is 0 Å². The molecule has 0 bridgehead atoms. The quantitative estimate of drug-likeness (QED) is 0.872. The lowest BCUT2D eigenvalue weighted by atomic mass is 10.0. The van der Waals surface area contributed by atoms with Crippen molar-refractivity contribution in [2.75, 3.05) is 31.6 Å². The number of anilines is 1. The second-order valence-corrected chi connectivity index (χ2v) is 6.61. The number of hydrogen-bond acceptors (Lipinski definition) is 7. The van der Waals surface area contributed by atoms with Crippen LogP contribution in [0, 0.1) is 6.92 Å². The number of aryl methyl sites for hydroxylation is 1. The van der Waals surface area contributed by atoms with Crippen molar-refractivity contribution in [1.82, 2.24) is 15.0 Å². The number of piperidine rings is 1. The van der Waals surface area contributed by atoms with Crippen LogP contribution >= 0.6 is 0 Å². The van der Waals surface area contributed by atoms with Crippen LogP contribution in [-0.4, -0.2) is 58.9 Å². The van der Waals surface area contributed by atoms with Gasteiger partial charge >= 0.3 is 0 Å². The largest absolute Gasteiger partial charge is 0.360 e. The normalized spacial score (nSPS) is 18.6. The van der Waals surface area contributed by atoms with Crippen molar-refractivity contribution >= 4 is 17.6 Å². The van der Waals surface area contributed by atoms with E-state index in [-0.39, 0.29) is 17.5 Å². The Balaban J connectivity index is 1.42. The first-order chi connectivity index (χ1) is 13.0. The highest BCUT2D eigenvalue weighted by molar-refractivity contribution is 6.05. The summed E-state index contributed by atoms with van der Waals surface area (Å²) >= 11 is 0. The Morgan fingerprint density at radius 2 is 1.93 bits per heavy atom. The van der Waals surface area contributed by atoms with E-state index in [1.165, 1.54) is 12.3 Å². The summed E-state index contributed by atoms with van der Waals surface area (Å²) in [7, 11) is 0. The van der Waals surface area contributed by atoms with Gasteiger partial charge in [0.25, 0.3) is 11.8 Å². The standard InChI is InChI=1S/C18H20N4O5/c1-12-10-15(21-27-12)20-16(23)13-2-5-19-14(11-13)17(24)22-6-3-18(4-7-22)25-8-9-26-18/h2,5,10-11H,3-4,6-9H2,1H3,(H,20,21,23). The molecule has 0 aliphatic carbocycles. The fourth-order valence-electron chi connectivity index (χ4n) is 3.30. The van der Waals surface area contributed by atoms with Gasteiger partial charge in [-0.05, 0) is 19.1 Å². The Hall–Kier alpha value is -2.78. The second-order valence-electron chi connectivity index (χ2n) is 6.61. The first-order valence-corrected chi connectivity index (χ1v) is 8.83. The highest BCUT2D eigenvalue weighted by Gasteiger charge is 2.41. The number of hydrogen-bond donors (Lipinski definition) is 1. The topological polar surface area (TPSA) is 107 Å². The predicted molar refractivity (Wildman–Crippen MR) is 93.2 cm³/mol. The zero-order valence-corrected chi connectivity index (χ0v) is 14.9. The van der Waals surface area contributed by atoms with Gasteiger partial charge in [-0.2, -0.15) is 0 Å². The molecule has 0 unspecified atom stereocenters. The number of pyridine rings is 1. The molecule has 4 heterocycles. The summed E-state index contributed by atoms with van der Waals surface area (Å²) in [5.41, 5.74) is 0.549. The lowest BCUT2D eigenvalue weighted by molar-refractivity contribution is -0.181. The number of nitrogens with one attached hydrogen (secondary N) is 1. The van der Waals surface area contributed by atoms with Crippen LogP contribution < -0.4 is 5.32 Å². The Bertz CT molecular complexity index is 849. The van der Waals surface area contributed by atoms with Crippen LogP contribution in [0.1, 0.15) is 39.4 Å². The fraction of sp³-hybridized carbons (Fsp3) is 0.444. The van der Waals surface area contributed by atoms with E-state index in [0.717, 1.165) is 0 Å². The van der Waals surface area contributed by atoms with Crippen LogP contribution in [0.2, 0.25) is 0 Å².